The van der Waals surface area contributed by atoms with Crippen LogP contribution in [0.15, 0.2) is 58.2 Å². The van der Waals surface area contributed by atoms with E-state index in [1.807, 2.05) is 0 Å². The highest BCUT2D eigenvalue weighted by molar-refractivity contribution is 9.10. The number of carbonyl (C=O) groups excluding carboxylic acids is 2. The minimum atomic E-state index is -0.682. The first kappa shape index (κ1) is 22.1. The van der Waals surface area contributed by atoms with Crippen molar-refractivity contribution in [2.75, 3.05) is 0 Å². The molecule has 0 aliphatic rings. The number of benzene rings is 2. The molecule has 1 aromatic heterocycles. The fourth-order valence-corrected chi connectivity index (χ4v) is 3.16. The lowest BCUT2D eigenvalue weighted by atomic mass is 10.2. The van der Waals surface area contributed by atoms with Gasteiger partial charge in [0.15, 0.2) is 5.69 Å². The molecule has 1 N–H and O–H groups in total. The third-order valence-corrected chi connectivity index (χ3v) is 4.73. The number of aryl methyl sites for hydroxylation is 1. The van der Waals surface area contributed by atoms with E-state index in [1.165, 1.54) is 29.1 Å². The van der Waals surface area contributed by atoms with E-state index in [-0.39, 0.29) is 27.7 Å². The molecule has 3 aromatic rings. The van der Waals surface area contributed by atoms with Crippen LogP contribution in [0.1, 0.15) is 26.4 Å². The van der Waals surface area contributed by atoms with E-state index in [2.05, 4.69) is 31.6 Å². The Hall–Kier alpha value is -3.57. The van der Waals surface area contributed by atoms with Crippen molar-refractivity contribution in [3.63, 3.8) is 0 Å². The van der Waals surface area contributed by atoms with E-state index in [9.17, 15) is 19.7 Å². The molecule has 0 bridgehead atoms. The van der Waals surface area contributed by atoms with Crippen LogP contribution in [-0.4, -0.2) is 32.8 Å². The molecule has 3 rings (SSSR count). The molecule has 12 heteroatoms. The molecule has 0 unspecified atom stereocenters. The first-order valence-electron chi connectivity index (χ1n) is 8.53. The molecule has 2 aromatic carbocycles. The van der Waals surface area contributed by atoms with Crippen LogP contribution >= 0.6 is 27.5 Å². The zero-order valence-corrected chi connectivity index (χ0v) is 18.1. The summed E-state index contributed by atoms with van der Waals surface area (Å²) in [5.74, 6) is -1.04. The highest BCUT2D eigenvalue weighted by Gasteiger charge is 2.17. The average Bonchev–Trinajstić information content (AvgIpc) is 3.06. The second-order valence-electron chi connectivity index (χ2n) is 6.08. The third kappa shape index (κ3) is 5.53. The van der Waals surface area contributed by atoms with Gasteiger partial charge in [-0.25, -0.2) is 10.2 Å². The minimum Gasteiger partial charge on any atom is -0.422 e. The second kappa shape index (κ2) is 9.49. The molecule has 0 atom stereocenters. The van der Waals surface area contributed by atoms with Crippen molar-refractivity contribution < 1.29 is 19.2 Å². The van der Waals surface area contributed by atoms with Crippen LogP contribution in [0, 0.1) is 10.1 Å². The Balaban J connectivity index is 1.66. The maximum absolute atomic E-state index is 12.2. The Bertz CT molecular complexity index is 1210. The Kier molecular flexibility index (Phi) is 6.78. The zero-order chi connectivity index (χ0) is 22.5. The summed E-state index contributed by atoms with van der Waals surface area (Å²) in [4.78, 5) is 34.6. The van der Waals surface area contributed by atoms with Crippen LogP contribution in [0.2, 0.25) is 5.02 Å². The van der Waals surface area contributed by atoms with Crippen molar-refractivity contribution in [3.8, 4) is 5.75 Å². The zero-order valence-electron chi connectivity index (χ0n) is 15.8. The lowest BCUT2D eigenvalue weighted by molar-refractivity contribution is -0.384. The monoisotopic (exact) mass is 505 g/mol. The highest BCUT2D eigenvalue weighted by atomic mass is 79.9. The number of amides is 1. The van der Waals surface area contributed by atoms with Gasteiger partial charge in [-0.2, -0.15) is 10.2 Å². The predicted octanol–water partition coefficient (Wildman–Crippen LogP) is 3.73. The number of nitrogens with zero attached hydrogens (tertiary/aromatic N) is 4. The normalized spacial score (nSPS) is 10.8. The quantitative estimate of drug-likeness (QED) is 0.178. The predicted molar refractivity (Wildman–Crippen MR) is 115 cm³/mol. The van der Waals surface area contributed by atoms with Crippen molar-refractivity contribution in [2.24, 2.45) is 12.1 Å². The van der Waals surface area contributed by atoms with Gasteiger partial charge in [0.2, 0.25) is 0 Å². The summed E-state index contributed by atoms with van der Waals surface area (Å²) < 4.78 is 7.29. The standard InChI is InChI=1S/C19H13BrClN5O5/c1-25-10-14(20)17(24-25)19(28)31-13-4-2-3-11(7-13)9-22-23-18(27)12-5-6-15(21)16(8-12)26(29)30/h2-10H,1H3,(H,23,27). The molecule has 10 nitrogen and oxygen atoms in total. The molecule has 0 aliphatic carbocycles. The Labute approximate surface area is 188 Å². The van der Waals surface area contributed by atoms with Gasteiger partial charge in [-0.15, -0.1) is 0 Å². The number of esters is 1. The van der Waals surface area contributed by atoms with Gasteiger partial charge in [-0.1, -0.05) is 23.7 Å². The maximum Gasteiger partial charge on any atom is 0.365 e. The Morgan fingerprint density at radius 3 is 2.77 bits per heavy atom. The lowest BCUT2D eigenvalue weighted by Crippen LogP contribution is -2.17. The highest BCUT2D eigenvalue weighted by Crippen LogP contribution is 2.25. The Morgan fingerprint density at radius 2 is 2.10 bits per heavy atom. The van der Waals surface area contributed by atoms with Crippen molar-refractivity contribution in [1.82, 2.24) is 15.2 Å². The number of nitro benzene ring substituents is 1. The number of halogens is 2. The van der Waals surface area contributed by atoms with E-state index in [0.29, 0.717) is 10.0 Å². The van der Waals surface area contributed by atoms with Crippen LogP contribution in [0.5, 0.6) is 5.75 Å². The molecule has 0 saturated carbocycles. The van der Waals surface area contributed by atoms with Gasteiger partial charge in [0, 0.05) is 24.9 Å². The molecule has 0 saturated heterocycles. The number of nitrogens with one attached hydrogen (secondary N) is 1. The number of hydrazone groups is 1. The molecule has 0 radical (unpaired) electrons. The van der Waals surface area contributed by atoms with Crippen molar-refractivity contribution >= 4 is 51.3 Å². The third-order valence-electron chi connectivity index (χ3n) is 3.83. The van der Waals surface area contributed by atoms with Gasteiger partial charge in [0.1, 0.15) is 10.8 Å². The minimum absolute atomic E-state index is 0.0249. The smallest absolute Gasteiger partial charge is 0.365 e. The fraction of sp³-hybridized carbons (Fsp3) is 0.0526. The van der Waals surface area contributed by atoms with Crippen molar-refractivity contribution in [3.05, 3.63) is 85.1 Å². The van der Waals surface area contributed by atoms with Crippen molar-refractivity contribution in [1.29, 1.82) is 0 Å². The van der Waals surface area contributed by atoms with E-state index in [4.69, 9.17) is 16.3 Å². The second-order valence-corrected chi connectivity index (χ2v) is 7.35. The maximum atomic E-state index is 12.2. The molecule has 0 spiro atoms. The van der Waals surface area contributed by atoms with Crippen molar-refractivity contribution in [2.45, 2.75) is 0 Å². The van der Waals surface area contributed by atoms with Crippen LogP contribution < -0.4 is 10.2 Å². The van der Waals surface area contributed by atoms with Crippen LogP contribution in [0.4, 0.5) is 5.69 Å². The molecule has 158 valence electrons. The van der Waals surface area contributed by atoms with Gasteiger partial charge in [-0.05, 0) is 45.8 Å². The molecule has 1 heterocycles. The molecule has 31 heavy (non-hydrogen) atoms. The summed E-state index contributed by atoms with van der Waals surface area (Å²) in [7, 11) is 1.68. The SMILES string of the molecule is Cn1cc(Br)c(C(=O)Oc2cccc(C=NNC(=O)c3ccc(Cl)c([N+](=O)[O-])c3)c2)n1. The molecular weight excluding hydrogens is 494 g/mol. The van der Waals surface area contributed by atoms with Gasteiger partial charge < -0.3 is 4.74 Å². The fourth-order valence-electron chi connectivity index (χ4n) is 2.44. The molecular formula is C19H13BrClN5O5. The van der Waals surface area contributed by atoms with Crippen LogP contribution in [0.3, 0.4) is 0 Å². The van der Waals surface area contributed by atoms with Crippen LogP contribution in [-0.2, 0) is 7.05 Å². The largest absolute Gasteiger partial charge is 0.422 e. The summed E-state index contributed by atoms with van der Waals surface area (Å²) in [5.41, 5.74) is 2.58. The van der Waals surface area contributed by atoms with E-state index in [0.717, 1.165) is 6.07 Å². The lowest BCUT2D eigenvalue weighted by Gasteiger charge is -2.04. The van der Waals surface area contributed by atoms with E-state index >= 15 is 0 Å². The summed E-state index contributed by atoms with van der Waals surface area (Å²) in [6, 6.07) is 10.1. The number of rotatable bonds is 6. The molecule has 1 amide bonds. The summed E-state index contributed by atoms with van der Waals surface area (Å²) in [6.07, 6.45) is 2.95. The molecule has 0 fully saturated rings. The van der Waals surface area contributed by atoms with E-state index in [1.54, 1.807) is 31.4 Å². The van der Waals surface area contributed by atoms with Gasteiger partial charge in [0.05, 0.1) is 15.6 Å². The Morgan fingerprint density at radius 1 is 1.32 bits per heavy atom. The van der Waals surface area contributed by atoms with Gasteiger partial charge >= 0.3 is 5.97 Å². The first-order valence-corrected chi connectivity index (χ1v) is 9.70. The van der Waals surface area contributed by atoms with Gasteiger partial charge in [-0.3, -0.25) is 19.6 Å². The number of hydrogen-bond donors (Lipinski definition) is 1. The number of ether oxygens (including phenoxy) is 1. The number of carbonyl (C=O) groups is 2. The van der Waals surface area contributed by atoms with E-state index < -0.39 is 16.8 Å². The first-order chi connectivity index (χ1) is 14.7. The summed E-state index contributed by atoms with van der Waals surface area (Å²) >= 11 is 8.97. The number of aromatic nitrogens is 2. The number of nitro groups is 1. The summed E-state index contributed by atoms with van der Waals surface area (Å²) in [5, 5.41) is 18.7. The topological polar surface area (TPSA) is 129 Å². The average molecular weight is 507 g/mol. The molecule has 0 aliphatic heterocycles. The number of hydrogen-bond acceptors (Lipinski definition) is 7. The summed E-state index contributed by atoms with van der Waals surface area (Å²) in [6.45, 7) is 0. The van der Waals surface area contributed by atoms with Gasteiger partial charge in [0.25, 0.3) is 11.6 Å². The van der Waals surface area contributed by atoms with Crippen LogP contribution in [0.25, 0.3) is 0 Å².